The van der Waals surface area contributed by atoms with Crippen molar-refractivity contribution in [2.75, 3.05) is 35.2 Å². The number of nitrogens with zero attached hydrogens (tertiary/aromatic N) is 3. The Morgan fingerprint density at radius 2 is 1.40 bits per heavy atom. The molecule has 3 nitrogen and oxygen atoms in total. The van der Waals surface area contributed by atoms with E-state index >= 15 is 0 Å². The summed E-state index contributed by atoms with van der Waals surface area (Å²) in [7, 11) is 7.84. The maximum Gasteiger partial charge on any atom is 4.00 e. The first-order valence-corrected chi connectivity index (χ1v) is 11.0. The Balaban J connectivity index is -0.000000139. The Bertz CT molecular complexity index is 184. The zero-order valence-corrected chi connectivity index (χ0v) is 21.5. The van der Waals surface area contributed by atoms with Crippen molar-refractivity contribution in [2.45, 2.75) is 42.3 Å². The smallest absolute Gasteiger partial charge is 0.668 e. The minimum atomic E-state index is -1.16. The third-order valence-corrected chi connectivity index (χ3v) is 7.31. The van der Waals surface area contributed by atoms with E-state index in [2.05, 4.69) is 51.3 Å². The van der Waals surface area contributed by atoms with Crippen LogP contribution in [0.15, 0.2) is 0 Å². The first-order valence-electron chi connectivity index (χ1n) is 6.59. The van der Waals surface area contributed by atoms with Crippen LogP contribution in [0.4, 0.5) is 0 Å². The summed E-state index contributed by atoms with van der Waals surface area (Å²) in [6.45, 7) is 4.77. The minimum absolute atomic E-state index is 0. The van der Waals surface area contributed by atoms with Crippen molar-refractivity contribution in [2.24, 2.45) is 5.92 Å². The molecule has 0 spiro atoms. The average Bonchev–Trinajstić information content (AvgIpc) is 2.66. The van der Waals surface area contributed by atoms with E-state index in [1.807, 2.05) is 7.05 Å². The SMILES string of the molecule is C[N-]C.C[N-]C.C[N-][Si](C)(C)CC1CCCC1I.[CH3-].[Hf+4]. The van der Waals surface area contributed by atoms with Gasteiger partial charge in [-0.1, -0.05) is 56.4 Å². The fourth-order valence-corrected chi connectivity index (χ4v) is 5.44. The summed E-state index contributed by atoms with van der Waals surface area (Å²) in [6.07, 6.45) is 4.35. The van der Waals surface area contributed by atoms with Crippen LogP contribution in [0.1, 0.15) is 19.3 Å². The van der Waals surface area contributed by atoms with E-state index in [-0.39, 0.29) is 33.3 Å². The zero-order chi connectivity index (χ0) is 14.6. The van der Waals surface area contributed by atoms with Crippen LogP contribution in [0.2, 0.25) is 19.1 Å². The number of hydrogen-bond acceptors (Lipinski definition) is 0. The molecule has 1 saturated carbocycles. The van der Waals surface area contributed by atoms with Crippen molar-refractivity contribution in [3.63, 3.8) is 0 Å². The van der Waals surface area contributed by atoms with E-state index in [9.17, 15) is 0 Å². The van der Waals surface area contributed by atoms with Gasteiger partial charge in [0.2, 0.25) is 0 Å². The number of hydrogen-bond donors (Lipinski definition) is 0. The maximum absolute atomic E-state index is 4.55. The Kier molecular flexibility index (Phi) is 27.8. The second-order valence-electron chi connectivity index (χ2n) is 5.34. The third-order valence-electron chi connectivity index (χ3n) is 2.93. The molecule has 0 aromatic carbocycles. The summed E-state index contributed by atoms with van der Waals surface area (Å²) in [5.74, 6) is 0.982. The van der Waals surface area contributed by atoms with Crippen LogP contribution >= 0.6 is 22.6 Å². The van der Waals surface area contributed by atoms with Crippen molar-refractivity contribution >= 4 is 30.8 Å². The standard InChI is InChI=1S/C9H19INSi.2C2H6N.CH3.Hf/c1-11-12(2,3)7-8-5-4-6-9(8)10;2*1-3-2;;/h8-9H,4-7H2,1-3H3;2*1-2H3;1H3;/q4*-1;+4. The normalized spacial score (nSPS) is 20.4. The molecule has 0 heterocycles. The van der Waals surface area contributed by atoms with Crippen molar-refractivity contribution in [1.82, 2.24) is 0 Å². The molecule has 0 radical (unpaired) electrons. The molecule has 0 N–H and O–H groups in total. The molecule has 0 aromatic heterocycles. The van der Waals surface area contributed by atoms with E-state index in [4.69, 9.17) is 0 Å². The van der Waals surface area contributed by atoms with Gasteiger partial charge in [-0.15, -0.1) is 0 Å². The van der Waals surface area contributed by atoms with E-state index in [1.165, 1.54) is 25.3 Å². The zero-order valence-electron chi connectivity index (χ0n) is 14.7. The Labute approximate surface area is 162 Å². The molecule has 0 saturated heterocycles. The number of alkyl halides is 1. The second-order valence-corrected chi connectivity index (χ2v) is 11.4. The van der Waals surface area contributed by atoms with Crippen LogP contribution in [0, 0.1) is 13.3 Å². The molecule has 120 valence electrons. The molecule has 1 fully saturated rings. The summed E-state index contributed by atoms with van der Waals surface area (Å²) < 4.78 is 0.941. The van der Waals surface area contributed by atoms with E-state index in [0.29, 0.717) is 0 Å². The summed E-state index contributed by atoms with van der Waals surface area (Å²) >= 11 is 2.63. The molecule has 20 heavy (non-hydrogen) atoms. The van der Waals surface area contributed by atoms with Crippen LogP contribution < -0.4 is 0 Å². The molecule has 0 aliphatic heterocycles. The second kappa shape index (κ2) is 18.7. The first-order chi connectivity index (χ1) is 8.38. The Morgan fingerprint density at radius 1 is 1.00 bits per heavy atom. The van der Waals surface area contributed by atoms with Gasteiger partial charge in [-0.3, -0.25) is 0 Å². The molecule has 2 atom stereocenters. The van der Waals surface area contributed by atoms with Gasteiger partial charge in [-0.05, 0) is 18.8 Å². The van der Waals surface area contributed by atoms with Gasteiger partial charge in [0.1, 0.15) is 0 Å². The predicted octanol–water partition coefficient (Wildman–Crippen LogP) is 5.49. The molecule has 2 unspecified atom stereocenters. The third kappa shape index (κ3) is 17.7. The van der Waals surface area contributed by atoms with Gasteiger partial charge in [0.15, 0.2) is 0 Å². The van der Waals surface area contributed by atoms with E-state index < -0.39 is 8.24 Å². The molecule has 0 amide bonds. The topological polar surface area (TPSA) is 42.3 Å². The quantitative estimate of drug-likeness (QED) is 0.184. The fraction of sp³-hybridized carbons (Fsp3) is 0.929. The number of rotatable bonds is 3. The van der Waals surface area contributed by atoms with Crippen LogP contribution in [-0.2, 0) is 25.8 Å². The van der Waals surface area contributed by atoms with Gasteiger partial charge >= 0.3 is 25.8 Å². The Morgan fingerprint density at radius 3 is 1.65 bits per heavy atom. The van der Waals surface area contributed by atoms with E-state index in [0.717, 1.165) is 9.84 Å². The van der Waals surface area contributed by atoms with E-state index in [1.54, 1.807) is 28.2 Å². The molecule has 6 heteroatoms. The Hall–Kier alpha value is 1.70. The summed E-state index contributed by atoms with van der Waals surface area (Å²) in [6, 6.07) is 1.41. The largest absolute Gasteiger partial charge is 4.00 e. The fourth-order valence-electron chi connectivity index (χ4n) is 1.95. The number of halogens is 1. The van der Waals surface area contributed by atoms with Crippen molar-refractivity contribution in [3.05, 3.63) is 23.0 Å². The molecule has 0 bridgehead atoms. The predicted molar refractivity (Wildman–Crippen MR) is 104 cm³/mol. The van der Waals surface area contributed by atoms with Crippen molar-refractivity contribution in [1.29, 1.82) is 0 Å². The molecule has 1 aliphatic rings. The van der Waals surface area contributed by atoms with Crippen LogP contribution in [0.3, 0.4) is 0 Å². The van der Waals surface area contributed by atoms with Gasteiger partial charge in [-0.2, -0.15) is 35.2 Å². The summed E-state index contributed by atoms with van der Waals surface area (Å²) in [4.78, 5) is 4.55. The summed E-state index contributed by atoms with van der Waals surface area (Å²) in [5.41, 5.74) is 0. The summed E-state index contributed by atoms with van der Waals surface area (Å²) in [5, 5.41) is 7.00. The van der Waals surface area contributed by atoms with Crippen LogP contribution in [0.25, 0.3) is 15.6 Å². The monoisotopic (exact) mass is 579 g/mol. The van der Waals surface area contributed by atoms with Crippen LogP contribution in [0.5, 0.6) is 0 Å². The van der Waals surface area contributed by atoms with Gasteiger partial charge < -0.3 is 23.0 Å². The van der Waals surface area contributed by atoms with Crippen molar-refractivity contribution in [3.8, 4) is 0 Å². The van der Waals surface area contributed by atoms with Crippen LogP contribution in [-0.4, -0.2) is 47.4 Å². The van der Waals surface area contributed by atoms with Gasteiger partial charge in [0, 0.05) is 3.92 Å². The molecule has 0 aromatic rings. The van der Waals surface area contributed by atoms with Crippen molar-refractivity contribution < 1.29 is 25.8 Å². The average molecular weight is 578 g/mol. The first kappa shape index (κ1) is 29.7. The molecular weight excluding hydrogens is 544 g/mol. The molecule has 1 aliphatic carbocycles. The molecular formula is C14H34HfIN3Si. The minimum Gasteiger partial charge on any atom is -0.668 e. The maximum atomic E-state index is 4.55. The van der Waals surface area contributed by atoms with Gasteiger partial charge in [-0.25, -0.2) is 0 Å². The van der Waals surface area contributed by atoms with Gasteiger partial charge in [0.25, 0.3) is 0 Å². The molecule has 1 rings (SSSR count). The van der Waals surface area contributed by atoms with Gasteiger partial charge in [0.05, 0.1) is 0 Å².